The van der Waals surface area contributed by atoms with Crippen LogP contribution in [0.25, 0.3) is 0 Å². The van der Waals surface area contributed by atoms with Gasteiger partial charge in [0.1, 0.15) is 0 Å². The van der Waals surface area contributed by atoms with E-state index in [-0.39, 0.29) is 24.4 Å². The van der Waals surface area contributed by atoms with Crippen LogP contribution in [0.15, 0.2) is 46.7 Å². The smallest absolute Gasteiger partial charge is 0.252 e. The molecule has 1 heterocycles. The first-order chi connectivity index (χ1) is 11.2. The van der Waals surface area contributed by atoms with Crippen LogP contribution in [0.5, 0.6) is 0 Å². The van der Waals surface area contributed by atoms with Gasteiger partial charge in [0.05, 0.1) is 5.56 Å². The molecule has 0 radical (unpaired) electrons. The number of thioether (sulfide) groups is 1. The lowest BCUT2D eigenvalue weighted by Gasteiger charge is -2.17. The molecule has 1 amide bonds. The van der Waals surface area contributed by atoms with Crippen molar-refractivity contribution in [3.63, 3.8) is 0 Å². The van der Waals surface area contributed by atoms with Crippen LogP contribution >= 0.6 is 35.5 Å². The molecule has 1 aromatic heterocycles. The fourth-order valence-corrected chi connectivity index (χ4v) is 4.11. The molecular weight excluding hydrogens is 360 g/mol. The molecule has 1 unspecified atom stereocenters. The van der Waals surface area contributed by atoms with E-state index < -0.39 is 0 Å². The molecule has 0 fully saturated rings. The van der Waals surface area contributed by atoms with E-state index in [0.717, 1.165) is 35.5 Å². The number of hydrogen-bond acceptors (Lipinski definition) is 4. The molecule has 0 saturated carbocycles. The molecule has 24 heavy (non-hydrogen) atoms. The van der Waals surface area contributed by atoms with Crippen molar-refractivity contribution >= 4 is 41.4 Å². The first-order valence-corrected chi connectivity index (χ1v) is 9.86. The summed E-state index contributed by atoms with van der Waals surface area (Å²) < 4.78 is 0. The molecule has 0 aliphatic heterocycles. The maximum absolute atomic E-state index is 12.6. The number of amides is 1. The highest BCUT2D eigenvalue weighted by molar-refractivity contribution is 7.98. The molecule has 0 saturated heterocycles. The second kappa shape index (κ2) is 11.5. The van der Waals surface area contributed by atoms with Crippen LogP contribution in [0.2, 0.25) is 0 Å². The Balaban J connectivity index is 0.00000288. The second-order valence-corrected chi connectivity index (χ2v) is 7.46. The first-order valence-electron chi connectivity index (χ1n) is 7.99. The van der Waals surface area contributed by atoms with Crippen molar-refractivity contribution in [1.29, 1.82) is 0 Å². The van der Waals surface area contributed by atoms with Crippen molar-refractivity contribution in [2.24, 2.45) is 5.73 Å². The number of thiophene rings is 1. The van der Waals surface area contributed by atoms with E-state index >= 15 is 0 Å². The highest BCUT2D eigenvalue weighted by Crippen LogP contribution is 2.28. The van der Waals surface area contributed by atoms with Gasteiger partial charge in [-0.3, -0.25) is 4.79 Å². The quantitative estimate of drug-likeness (QED) is 0.615. The van der Waals surface area contributed by atoms with E-state index in [0.29, 0.717) is 6.54 Å². The fraction of sp³-hybridized carbons (Fsp3) is 0.389. The van der Waals surface area contributed by atoms with Crippen molar-refractivity contribution in [3.05, 3.63) is 52.2 Å². The summed E-state index contributed by atoms with van der Waals surface area (Å²) >= 11 is 3.45. The largest absolute Gasteiger partial charge is 0.348 e. The van der Waals surface area contributed by atoms with E-state index in [1.165, 1.54) is 4.88 Å². The van der Waals surface area contributed by atoms with Gasteiger partial charge < -0.3 is 11.1 Å². The lowest BCUT2D eigenvalue weighted by molar-refractivity contribution is 0.0933. The summed E-state index contributed by atoms with van der Waals surface area (Å²) in [6.45, 7) is 2.63. The van der Waals surface area contributed by atoms with Gasteiger partial charge in [-0.05, 0) is 30.0 Å². The predicted molar refractivity (Wildman–Crippen MR) is 107 cm³/mol. The van der Waals surface area contributed by atoms with E-state index in [4.69, 9.17) is 5.73 Å². The van der Waals surface area contributed by atoms with Crippen molar-refractivity contribution < 1.29 is 4.79 Å². The maximum atomic E-state index is 12.6. The Morgan fingerprint density at radius 1 is 1.29 bits per heavy atom. The molecule has 1 aromatic carbocycles. The average Bonchev–Trinajstić information content (AvgIpc) is 3.10. The summed E-state index contributed by atoms with van der Waals surface area (Å²) in [4.78, 5) is 14.9. The van der Waals surface area contributed by atoms with E-state index in [1.54, 1.807) is 23.1 Å². The van der Waals surface area contributed by atoms with Gasteiger partial charge in [-0.2, -0.15) is 0 Å². The molecule has 3 nitrogen and oxygen atoms in total. The summed E-state index contributed by atoms with van der Waals surface area (Å²) in [5.41, 5.74) is 6.52. The minimum Gasteiger partial charge on any atom is -0.348 e. The van der Waals surface area contributed by atoms with Gasteiger partial charge in [0.15, 0.2) is 0 Å². The highest BCUT2D eigenvalue weighted by atomic mass is 35.5. The monoisotopic (exact) mass is 384 g/mol. The number of rotatable bonds is 9. The van der Waals surface area contributed by atoms with Gasteiger partial charge in [-0.15, -0.1) is 35.5 Å². The zero-order valence-electron chi connectivity index (χ0n) is 13.9. The lowest BCUT2D eigenvalue weighted by atomic mass is 10.1. The fourth-order valence-electron chi connectivity index (χ4n) is 2.29. The van der Waals surface area contributed by atoms with Crippen LogP contribution in [-0.2, 0) is 5.75 Å². The molecule has 0 aliphatic rings. The maximum Gasteiger partial charge on any atom is 0.252 e. The summed E-state index contributed by atoms with van der Waals surface area (Å²) in [6.07, 6.45) is 3.12. The molecule has 1 atom stereocenters. The SMILES string of the molecule is CCCCC(CN)NC(=O)c1ccccc1SCc1cccs1.Cl. The van der Waals surface area contributed by atoms with Crippen molar-refractivity contribution in [2.75, 3.05) is 6.54 Å². The zero-order valence-corrected chi connectivity index (χ0v) is 16.3. The molecule has 2 rings (SSSR count). The third-order valence-electron chi connectivity index (χ3n) is 3.61. The number of halogens is 1. The van der Waals surface area contributed by atoms with Crippen LogP contribution in [0.3, 0.4) is 0 Å². The summed E-state index contributed by atoms with van der Waals surface area (Å²) in [5.74, 6) is 0.865. The third kappa shape index (κ3) is 6.48. The van der Waals surface area contributed by atoms with Crippen LogP contribution in [0.4, 0.5) is 0 Å². The van der Waals surface area contributed by atoms with Crippen molar-refractivity contribution in [2.45, 2.75) is 42.9 Å². The first kappa shape index (κ1) is 21.0. The average molecular weight is 385 g/mol. The van der Waals surface area contributed by atoms with Gasteiger partial charge in [0.2, 0.25) is 0 Å². The van der Waals surface area contributed by atoms with Gasteiger partial charge in [-0.25, -0.2) is 0 Å². The summed E-state index contributed by atoms with van der Waals surface area (Å²) in [5, 5.41) is 5.15. The van der Waals surface area contributed by atoms with Gasteiger partial charge in [-0.1, -0.05) is 38.0 Å². The number of unbranched alkanes of at least 4 members (excludes halogenated alkanes) is 1. The van der Waals surface area contributed by atoms with E-state index in [1.807, 2.05) is 24.3 Å². The van der Waals surface area contributed by atoms with Gasteiger partial charge in [0.25, 0.3) is 5.91 Å². The van der Waals surface area contributed by atoms with Crippen LogP contribution in [0, 0.1) is 0 Å². The summed E-state index contributed by atoms with van der Waals surface area (Å²) in [7, 11) is 0. The van der Waals surface area contributed by atoms with E-state index in [2.05, 4.69) is 29.8 Å². The second-order valence-electron chi connectivity index (χ2n) is 5.41. The van der Waals surface area contributed by atoms with Crippen molar-refractivity contribution in [1.82, 2.24) is 5.32 Å². The molecule has 6 heteroatoms. The number of nitrogens with one attached hydrogen (secondary N) is 1. The molecular formula is C18H25ClN2OS2. The van der Waals surface area contributed by atoms with Crippen molar-refractivity contribution in [3.8, 4) is 0 Å². The molecule has 132 valence electrons. The number of hydrogen-bond donors (Lipinski definition) is 2. The zero-order chi connectivity index (χ0) is 16.5. The van der Waals surface area contributed by atoms with Gasteiger partial charge >= 0.3 is 0 Å². The van der Waals surface area contributed by atoms with Crippen LogP contribution in [0.1, 0.15) is 41.4 Å². The minimum atomic E-state index is -0.0224. The standard InChI is InChI=1S/C18H24N2OS2.ClH/c1-2-3-7-14(12-19)20-18(21)16-9-4-5-10-17(16)23-13-15-8-6-11-22-15;/h4-6,8-11,14H,2-3,7,12-13,19H2,1H3,(H,20,21);1H. The number of carbonyl (C=O) groups excluding carboxylic acids is 1. The molecule has 0 bridgehead atoms. The summed E-state index contributed by atoms with van der Waals surface area (Å²) in [6, 6.07) is 12.0. The highest BCUT2D eigenvalue weighted by Gasteiger charge is 2.15. The number of carbonyl (C=O) groups is 1. The third-order valence-corrected chi connectivity index (χ3v) is 5.79. The molecule has 0 spiro atoms. The molecule has 0 aliphatic carbocycles. The van der Waals surface area contributed by atoms with E-state index in [9.17, 15) is 4.79 Å². The van der Waals surface area contributed by atoms with Gasteiger partial charge in [0, 0.05) is 28.1 Å². The predicted octanol–water partition coefficient (Wildman–Crippen LogP) is 4.71. The Kier molecular flexibility index (Phi) is 10.1. The lowest BCUT2D eigenvalue weighted by Crippen LogP contribution is -2.40. The topological polar surface area (TPSA) is 55.1 Å². The molecule has 2 aromatic rings. The minimum absolute atomic E-state index is 0. The Morgan fingerprint density at radius 3 is 2.75 bits per heavy atom. The Hall–Kier alpha value is -1.01. The van der Waals surface area contributed by atoms with Crippen LogP contribution < -0.4 is 11.1 Å². The Bertz CT molecular complexity index is 605. The normalized spacial score (nSPS) is 11.6. The van der Waals surface area contributed by atoms with Crippen LogP contribution in [-0.4, -0.2) is 18.5 Å². The Morgan fingerprint density at radius 2 is 2.08 bits per heavy atom. The number of benzene rings is 1. The number of nitrogens with two attached hydrogens (primary N) is 1. The molecule has 3 N–H and O–H groups in total. The Labute approximate surface area is 158 Å².